The number of fused-ring (bicyclic) bond motifs is 18. The number of rotatable bonds is 10. The zero-order chi connectivity index (χ0) is 43.1. The number of carbonyl (C=O) groups excluding carboxylic acids is 5. The molecule has 0 unspecified atom stereocenters. The highest BCUT2D eigenvalue weighted by atomic mass is 16.5. The number of ketones is 1. The Hall–Kier alpha value is -7.08. The molecule has 2 bridgehead atoms. The van der Waals surface area contributed by atoms with Gasteiger partial charge in [-0.1, -0.05) is 115 Å². The van der Waals surface area contributed by atoms with Gasteiger partial charge in [0.25, 0.3) is 0 Å². The highest BCUT2D eigenvalue weighted by Gasteiger charge is 2.32. The summed E-state index contributed by atoms with van der Waals surface area (Å²) in [5, 5.41) is 21.6. The average molecular weight is 823 g/mol. The van der Waals surface area contributed by atoms with E-state index in [9.17, 15) is 33.9 Å². The summed E-state index contributed by atoms with van der Waals surface area (Å²) in [7, 11) is 1.60. The third-order valence-corrected chi connectivity index (χ3v) is 10.7. The molecule has 4 amide bonds. The first kappa shape index (κ1) is 43.5. The fourth-order valence-corrected chi connectivity index (χ4v) is 7.37. The molecule has 4 atom stereocenters. The van der Waals surface area contributed by atoms with Gasteiger partial charge in [-0.25, -0.2) is 0 Å². The lowest BCUT2D eigenvalue weighted by Crippen LogP contribution is -2.57. The van der Waals surface area contributed by atoms with E-state index in [2.05, 4.69) is 21.3 Å². The minimum absolute atomic E-state index is 0.0170. The molecule has 2 aliphatic heterocycles. The number of carboxylic acids is 1. The molecule has 314 valence electrons. The van der Waals surface area contributed by atoms with E-state index in [1.807, 2.05) is 109 Å². The molecular weight excluding hydrogens is 773 g/mol. The lowest BCUT2D eigenvalue weighted by molar-refractivity contribution is -0.144. The van der Waals surface area contributed by atoms with Crippen molar-refractivity contribution >= 4 is 41.1 Å². The van der Waals surface area contributed by atoms with Crippen LogP contribution in [0.2, 0.25) is 0 Å². The third-order valence-electron chi connectivity index (χ3n) is 10.7. The van der Waals surface area contributed by atoms with E-state index < -0.39 is 59.4 Å². The molecule has 7 rings (SSSR count). The number of hydrogen-bond donors (Lipinski definition) is 5. The van der Waals surface area contributed by atoms with Gasteiger partial charge in [-0.15, -0.1) is 0 Å². The van der Waals surface area contributed by atoms with Gasteiger partial charge in [0.2, 0.25) is 23.6 Å². The molecule has 5 N–H and O–H groups in total. The van der Waals surface area contributed by atoms with Crippen molar-refractivity contribution in [2.45, 2.75) is 69.5 Å². The second-order valence-electron chi connectivity index (χ2n) is 15.2. The number of Topliss-reactive ketones (excluding diaryl/α,β-unsaturated/α-hetero) is 1. The van der Waals surface area contributed by atoms with E-state index in [0.717, 1.165) is 22.3 Å². The van der Waals surface area contributed by atoms with Crippen LogP contribution in [0.1, 0.15) is 47.9 Å². The number of anilines is 1. The molecule has 12 heteroatoms. The van der Waals surface area contributed by atoms with Gasteiger partial charge in [0.05, 0.1) is 19.1 Å². The van der Waals surface area contributed by atoms with Crippen LogP contribution in [0, 0.1) is 5.92 Å². The minimum Gasteiger partial charge on any atom is -0.496 e. The molecule has 0 radical (unpaired) electrons. The van der Waals surface area contributed by atoms with Crippen molar-refractivity contribution in [2.24, 2.45) is 5.92 Å². The number of amides is 4. The summed E-state index contributed by atoms with van der Waals surface area (Å²) in [5.74, 6) is -4.31. The number of para-hydroxylation sites is 1. The monoisotopic (exact) mass is 822 g/mol. The Morgan fingerprint density at radius 3 is 1.85 bits per heavy atom. The summed E-state index contributed by atoms with van der Waals surface area (Å²) < 4.78 is 5.55. The molecule has 0 aromatic heterocycles. The van der Waals surface area contributed by atoms with Crippen molar-refractivity contribution in [1.82, 2.24) is 16.0 Å². The molecule has 0 fully saturated rings. The number of carbonyl (C=O) groups is 6. The predicted molar refractivity (Wildman–Crippen MR) is 232 cm³/mol. The first-order valence-corrected chi connectivity index (χ1v) is 20.4. The topological polar surface area (TPSA) is 180 Å². The van der Waals surface area contributed by atoms with Gasteiger partial charge >= 0.3 is 5.97 Å². The van der Waals surface area contributed by atoms with Crippen LogP contribution in [0.15, 0.2) is 133 Å². The summed E-state index contributed by atoms with van der Waals surface area (Å²) in [5.41, 5.74) is 5.20. The molecule has 2 aliphatic rings. The van der Waals surface area contributed by atoms with Crippen LogP contribution < -0.4 is 26.0 Å². The van der Waals surface area contributed by atoms with Crippen molar-refractivity contribution < 1.29 is 38.6 Å². The van der Waals surface area contributed by atoms with E-state index in [4.69, 9.17) is 4.74 Å². The number of methoxy groups -OCH3 is 1. The molecular formula is C49H50N4O8. The minimum atomic E-state index is -1.22. The Kier molecular flexibility index (Phi) is 15.2. The molecule has 5 aromatic rings. The molecule has 0 saturated heterocycles. The van der Waals surface area contributed by atoms with Crippen LogP contribution in [0.3, 0.4) is 0 Å². The van der Waals surface area contributed by atoms with E-state index in [0.29, 0.717) is 29.0 Å². The molecule has 61 heavy (non-hydrogen) atoms. The second kappa shape index (κ2) is 21.3. The van der Waals surface area contributed by atoms with Gasteiger partial charge in [0.15, 0.2) is 5.78 Å². The van der Waals surface area contributed by atoms with E-state index in [1.165, 1.54) is 0 Å². The predicted octanol–water partition coefficient (Wildman–Crippen LogP) is 5.87. The maximum Gasteiger partial charge on any atom is 0.307 e. The molecule has 2 heterocycles. The van der Waals surface area contributed by atoms with Crippen LogP contribution in [0.4, 0.5) is 5.69 Å². The van der Waals surface area contributed by atoms with E-state index in [-0.39, 0.29) is 44.9 Å². The Morgan fingerprint density at radius 1 is 0.607 bits per heavy atom. The lowest BCUT2D eigenvalue weighted by Gasteiger charge is -2.26. The van der Waals surface area contributed by atoms with Crippen LogP contribution in [0.25, 0.3) is 11.1 Å². The average Bonchev–Trinajstić information content (AvgIpc) is 3.27. The van der Waals surface area contributed by atoms with Crippen LogP contribution in [0.5, 0.6) is 5.75 Å². The standard InChI is InChI=1S/C49H50N4O8/c1-61-44-15-9-8-14-39(44)36-21-16-35(17-22-36)30-42-48(58)52-41(29-33-12-6-3-7-13-33)43(54)31-37(49(59)60)28-34-18-23-38(24-19-34)50-45(55)26-27-46(56)51-40(47(57)53-42)25-20-32-10-4-2-5-11-32/h2-19,21-24,37,40-42H,20,25-31H2,1H3,(H,50,55)(H,51,56)(H,52,58)(H,53,57)(H,59,60)/t37-,40-,41-,42+/m1/s1. The normalized spacial score (nSPS) is 19.4. The van der Waals surface area contributed by atoms with Crippen molar-refractivity contribution in [1.29, 1.82) is 0 Å². The summed E-state index contributed by atoms with van der Waals surface area (Å²) in [6.45, 7) is 0. The van der Waals surface area contributed by atoms with E-state index in [1.54, 1.807) is 31.4 Å². The number of nitrogens with one attached hydrogen (secondary N) is 4. The van der Waals surface area contributed by atoms with Crippen LogP contribution >= 0.6 is 0 Å². The number of carboxylic acid groups (broad SMARTS) is 1. The first-order chi connectivity index (χ1) is 29.5. The SMILES string of the molecule is COc1ccccc1-c1ccc(C[C@@H]2NC(=O)[C@@H](CCc3ccccc3)NC(=O)CCC(=O)Nc3ccc(cc3)C[C@@H](C(=O)O)CC(=O)[C@@H](Cc3ccccc3)NC2=O)cc1. The molecule has 0 aliphatic carbocycles. The Balaban J connectivity index is 1.34. The highest BCUT2D eigenvalue weighted by molar-refractivity contribution is 5.97. The van der Waals surface area contributed by atoms with Crippen molar-refractivity contribution in [3.63, 3.8) is 0 Å². The molecule has 5 aromatic carbocycles. The van der Waals surface area contributed by atoms with Gasteiger partial charge in [-0.2, -0.15) is 0 Å². The van der Waals surface area contributed by atoms with Crippen molar-refractivity contribution in [3.8, 4) is 16.9 Å². The quantitative estimate of drug-likeness (QED) is 0.109. The number of aryl methyl sites for hydroxylation is 1. The second-order valence-corrected chi connectivity index (χ2v) is 15.2. The number of aliphatic carboxylic acids is 1. The summed E-state index contributed by atoms with van der Waals surface area (Å²) >= 11 is 0. The fourth-order valence-electron chi connectivity index (χ4n) is 7.37. The maximum absolute atomic E-state index is 14.5. The number of hydrogen-bond acceptors (Lipinski definition) is 7. The van der Waals surface area contributed by atoms with E-state index >= 15 is 0 Å². The Morgan fingerprint density at radius 2 is 1.18 bits per heavy atom. The Bertz CT molecular complexity index is 2300. The van der Waals surface area contributed by atoms with Gasteiger partial charge in [0, 0.05) is 36.9 Å². The zero-order valence-electron chi connectivity index (χ0n) is 34.0. The zero-order valence-corrected chi connectivity index (χ0v) is 34.0. The van der Waals surface area contributed by atoms with Gasteiger partial charge in [-0.3, -0.25) is 28.8 Å². The highest BCUT2D eigenvalue weighted by Crippen LogP contribution is 2.30. The van der Waals surface area contributed by atoms with Crippen LogP contribution in [-0.2, 0) is 54.5 Å². The molecule has 0 spiro atoms. The van der Waals surface area contributed by atoms with Gasteiger partial charge in [0.1, 0.15) is 17.8 Å². The summed E-state index contributed by atoms with van der Waals surface area (Å²) in [6, 6.07) is 36.7. The first-order valence-electron chi connectivity index (χ1n) is 20.4. The Labute approximate surface area is 355 Å². The number of ether oxygens (including phenoxy) is 1. The van der Waals surface area contributed by atoms with Gasteiger partial charge in [-0.05, 0) is 71.7 Å². The third kappa shape index (κ3) is 12.7. The van der Waals surface area contributed by atoms with Gasteiger partial charge < -0.3 is 31.1 Å². The summed E-state index contributed by atoms with van der Waals surface area (Å²) in [4.78, 5) is 81.8. The lowest BCUT2D eigenvalue weighted by atomic mass is 9.90. The smallest absolute Gasteiger partial charge is 0.307 e. The number of benzene rings is 5. The van der Waals surface area contributed by atoms with Crippen molar-refractivity contribution in [3.05, 3.63) is 156 Å². The molecule has 0 saturated carbocycles. The van der Waals surface area contributed by atoms with Crippen molar-refractivity contribution in [2.75, 3.05) is 12.4 Å². The molecule has 12 nitrogen and oxygen atoms in total. The summed E-state index contributed by atoms with van der Waals surface area (Å²) in [6.07, 6.45) is -0.00794. The fraction of sp³-hybridized carbons (Fsp3) is 0.265. The van der Waals surface area contributed by atoms with Crippen LogP contribution in [-0.4, -0.2) is 65.7 Å². The largest absolute Gasteiger partial charge is 0.496 e. The maximum atomic E-state index is 14.5.